The van der Waals surface area contributed by atoms with E-state index in [0.717, 1.165) is 24.0 Å². The van der Waals surface area contributed by atoms with E-state index < -0.39 is 17.4 Å². The predicted molar refractivity (Wildman–Crippen MR) is 109 cm³/mol. The minimum absolute atomic E-state index is 0.362. The quantitative estimate of drug-likeness (QED) is 0.436. The molecule has 0 aliphatic heterocycles. The molecule has 2 aliphatic carbocycles. The van der Waals surface area contributed by atoms with Gasteiger partial charge in [0.15, 0.2) is 5.41 Å². The zero-order valence-corrected chi connectivity index (χ0v) is 16.5. The molecule has 4 heteroatoms. The summed E-state index contributed by atoms with van der Waals surface area (Å²) in [7, 11) is 2.66. The molecule has 0 heterocycles. The number of hydrogen-bond donors (Lipinski definition) is 0. The van der Waals surface area contributed by atoms with Crippen molar-refractivity contribution in [3.8, 4) is 0 Å². The molecule has 0 unspecified atom stereocenters. The zero-order valence-electron chi connectivity index (χ0n) is 16.5. The van der Waals surface area contributed by atoms with Crippen LogP contribution >= 0.6 is 0 Å². The summed E-state index contributed by atoms with van der Waals surface area (Å²) in [6.45, 7) is 2.11. The molecule has 2 aromatic carbocycles. The number of methoxy groups -OCH3 is 2. The average Bonchev–Trinajstić information content (AvgIpc) is 3.05. The molecule has 0 aromatic heterocycles. The minimum atomic E-state index is -1.25. The van der Waals surface area contributed by atoms with Crippen molar-refractivity contribution in [3.63, 3.8) is 0 Å². The molecule has 0 bridgehead atoms. The lowest BCUT2D eigenvalue weighted by Crippen LogP contribution is -2.39. The third kappa shape index (κ3) is 2.84. The molecule has 2 aliphatic rings. The van der Waals surface area contributed by atoms with Gasteiger partial charge in [0.2, 0.25) is 0 Å². The van der Waals surface area contributed by atoms with Gasteiger partial charge in [-0.25, -0.2) is 0 Å². The molecule has 0 atom stereocenters. The largest absolute Gasteiger partial charge is 0.468 e. The Balaban J connectivity index is 1.81. The van der Waals surface area contributed by atoms with Crippen LogP contribution in [-0.4, -0.2) is 26.2 Å². The molecule has 0 radical (unpaired) electrons. The summed E-state index contributed by atoms with van der Waals surface area (Å²) >= 11 is 0. The Morgan fingerprint density at radius 1 is 0.893 bits per heavy atom. The van der Waals surface area contributed by atoms with Crippen LogP contribution in [0.25, 0.3) is 16.8 Å². The van der Waals surface area contributed by atoms with E-state index in [1.165, 1.54) is 41.7 Å². The normalized spacial score (nSPS) is 19.8. The molecule has 0 saturated carbocycles. The molecule has 4 nitrogen and oxygen atoms in total. The van der Waals surface area contributed by atoms with Crippen LogP contribution in [0.3, 0.4) is 0 Å². The van der Waals surface area contributed by atoms with Crippen LogP contribution in [-0.2, 0) is 25.5 Å². The van der Waals surface area contributed by atoms with E-state index in [0.29, 0.717) is 12.8 Å². The fourth-order valence-corrected chi connectivity index (χ4v) is 4.71. The molecular weight excluding hydrogens is 352 g/mol. The highest BCUT2D eigenvalue weighted by Crippen LogP contribution is 2.48. The highest BCUT2D eigenvalue weighted by molar-refractivity contribution is 6.01. The van der Waals surface area contributed by atoms with Crippen LogP contribution in [0.1, 0.15) is 37.3 Å². The second-order valence-corrected chi connectivity index (χ2v) is 7.83. The molecular formula is C24H24O4. The van der Waals surface area contributed by atoms with Crippen LogP contribution in [0.5, 0.6) is 0 Å². The third-order valence-electron chi connectivity index (χ3n) is 6.03. The van der Waals surface area contributed by atoms with Crippen molar-refractivity contribution in [3.05, 3.63) is 64.2 Å². The van der Waals surface area contributed by atoms with Crippen LogP contribution in [0, 0.1) is 5.41 Å². The van der Waals surface area contributed by atoms with Gasteiger partial charge in [-0.15, -0.1) is 0 Å². The van der Waals surface area contributed by atoms with Gasteiger partial charge >= 0.3 is 11.9 Å². The van der Waals surface area contributed by atoms with Crippen LogP contribution in [0.15, 0.2) is 53.1 Å². The first kappa shape index (κ1) is 18.5. The number of benzene rings is 2. The maximum Gasteiger partial charge on any atom is 0.323 e. The van der Waals surface area contributed by atoms with Gasteiger partial charge in [-0.3, -0.25) is 9.59 Å². The number of ether oxygens (including phenoxy) is 2. The van der Waals surface area contributed by atoms with Crippen molar-refractivity contribution < 1.29 is 19.1 Å². The van der Waals surface area contributed by atoms with Crippen molar-refractivity contribution in [2.75, 3.05) is 14.2 Å². The summed E-state index contributed by atoms with van der Waals surface area (Å²) in [5.41, 5.74) is 4.72. The van der Waals surface area contributed by atoms with Gasteiger partial charge in [-0.2, -0.15) is 0 Å². The Kier molecular flexibility index (Phi) is 4.58. The van der Waals surface area contributed by atoms with E-state index in [1.54, 1.807) is 0 Å². The summed E-state index contributed by atoms with van der Waals surface area (Å²) < 4.78 is 10.0. The van der Waals surface area contributed by atoms with E-state index in [-0.39, 0.29) is 0 Å². The van der Waals surface area contributed by atoms with Gasteiger partial charge < -0.3 is 9.47 Å². The van der Waals surface area contributed by atoms with Crippen molar-refractivity contribution in [1.82, 2.24) is 0 Å². The lowest BCUT2D eigenvalue weighted by atomic mass is 9.83. The predicted octanol–water partition coefficient (Wildman–Crippen LogP) is 4.61. The van der Waals surface area contributed by atoms with E-state index in [1.807, 2.05) is 6.07 Å². The molecule has 0 N–H and O–H groups in total. The monoisotopic (exact) mass is 376 g/mol. The molecule has 0 saturated heterocycles. The molecule has 4 rings (SSSR count). The van der Waals surface area contributed by atoms with E-state index in [9.17, 15) is 9.59 Å². The summed E-state index contributed by atoms with van der Waals surface area (Å²) in [6.07, 6.45) is 4.47. The van der Waals surface area contributed by atoms with Crippen LogP contribution < -0.4 is 0 Å². The Bertz CT molecular complexity index is 1030. The Labute approximate surface area is 164 Å². The summed E-state index contributed by atoms with van der Waals surface area (Å²) in [5, 5.41) is 2.44. The first-order valence-electron chi connectivity index (χ1n) is 9.53. The van der Waals surface area contributed by atoms with E-state index in [2.05, 4.69) is 43.3 Å². The maximum absolute atomic E-state index is 12.6. The Hall–Kier alpha value is -2.88. The topological polar surface area (TPSA) is 52.6 Å². The fourth-order valence-electron chi connectivity index (χ4n) is 4.71. The second kappa shape index (κ2) is 6.93. The number of carbonyl (C=O) groups excluding carboxylic acids is 2. The summed E-state index contributed by atoms with van der Waals surface area (Å²) in [4.78, 5) is 25.2. The maximum atomic E-state index is 12.6. The highest BCUT2D eigenvalue weighted by atomic mass is 16.5. The second-order valence-electron chi connectivity index (χ2n) is 7.83. The van der Waals surface area contributed by atoms with Gasteiger partial charge in [-0.05, 0) is 54.5 Å². The first-order valence-corrected chi connectivity index (χ1v) is 9.53. The van der Waals surface area contributed by atoms with Crippen LogP contribution in [0.4, 0.5) is 0 Å². The lowest BCUT2D eigenvalue weighted by molar-refractivity contribution is -0.168. The van der Waals surface area contributed by atoms with Gasteiger partial charge in [0, 0.05) is 0 Å². The summed E-state index contributed by atoms with van der Waals surface area (Å²) in [5.74, 6) is -1.02. The minimum Gasteiger partial charge on any atom is -0.468 e. The molecule has 0 amide bonds. The number of hydrogen-bond acceptors (Lipinski definition) is 4. The average molecular weight is 376 g/mol. The van der Waals surface area contributed by atoms with Crippen molar-refractivity contribution >= 4 is 28.8 Å². The molecule has 0 spiro atoms. The number of rotatable bonds is 2. The molecule has 28 heavy (non-hydrogen) atoms. The van der Waals surface area contributed by atoms with Gasteiger partial charge in [0.1, 0.15) is 0 Å². The number of carbonyl (C=O) groups is 2. The van der Waals surface area contributed by atoms with Crippen molar-refractivity contribution in [2.24, 2.45) is 5.41 Å². The first-order chi connectivity index (χ1) is 13.5. The number of esters is 2. The Morgan fingerprint density at radius 3 is 2.21 bits per heavy atom. The Morgan fingerprint density at radius 2 is 1.54 bits per heavy atom. The fraction of sp³-hybridized carbons (Fsp3) is 0.333. The van der Waals surface area contributed by atoms with Gasteiger partial charge in [0.05, 0.1) is 14.2 Å². The third-order valence-corrected chi connectivity index (χ3v) is 6.03. The van der Waals surface area contributed by atoms with Crippen molar-refractivity contribution in [2.45, 2.75) is 32.6 Å². The lowest BCUT2D eigenvalue weighted by Gasteiger charge is -2.23. The van der Waals surface area contributed by atoms with E-state index >= 15 is 0 Å². The molecule has 0 fully saturated rings. The SMILES string of the molecule is COC(=O)C1(C(=O)OC)CC2=C(Cc3ccc4ccccc4c3/C=C(/C)C2)C1. The number of allylic oxidation sites excluding steroid dienone is 3. The molecule has 144 valence electrons. The van der Waals surface area contributed by atoms with Crippen LogP contribution in [0.2, 0.25) is 0 Å². The number of fused-ring (bicyclic) bond motifs is 3. The standard InChI is InChI=1S/C24H24O4/c1-15-10-18-13-24(22(25)27-2,23(26)28-3)14-19(18)12-17-9-8-16-6-4-5-7-20(16)21(17)11-15/h4-9,11H,10,12-14H2,1-3H3/b15-11-. The zero-order chi connectivity index (χ0) is 19.9. The van der Waals surface area contributed by atoms with Gasteiger partial charge in [-0.1, -0.05) is 59.2 Å². The van der Waals surface area contributed by atoms with Gasteiger partial charge in [0.25, 0.3) is 0 Å². The molecule has 2 aromatic rings. The van der Waals surface area contributed by atoms with Crippen molar-refractivity contribution in [1.29, 1.82) is 0 Å². The highest BCUT2D eigenvalue weighted by Gasteiger charge is 2.53. The van der Waals surface area contributed by atoms with E-state index in [4.69, 9.17) is 9.47 Å². The summed E-state index contributed by atoms with van der Waals surface area (Å²) in [6, 6.07) is 12.7. The smallest absolute Gasteiger partial charge is 0.323 e.